The molecule has 19 heavy (non-hydrogen) atoms. The SMILES string of the molecule is CC.COC1(CC(=O)c2ccccc2)CCCCC1. The molecule has 0 heterocycles. The van der Waals surface area contributed by atoms with Crippen LogP contribution in [0.2, 0.25) is 0 Å². The van der Waals surface area contributed by atoms with Crippen molar-refractivity contribution in [1.82, 2.24) is 0 Å². The van der Waals surface area contributed by atoms with Crippen LogP contribution in [0.3, 0.4) is 0 Å². The Kier molecular flexibility index (Phi) is 6.79. The van der Waals surface area contributed by atoms with Crippen LogP contribution in [-0.4, -0.2) is 18.5 Å². The van der Waals surface area contributed by atoms with Crippen molar-refractivity contribution >= 4 is 5.78 Å². The highest BCUT2D eigenvalue weighted by molar-refractivity contribution is 5.96. The molecule has 0 aromatic heterocycles. The van der Waals surface area contributed by atoms with Crippen LogP contribution in [0.1, 0.15) is 62.7 Å². The third kappa shape index (κ3) is 4.46. The maximum Gasteiger partial charge on any atom is 0.165 e. The highest BCUT2D eigenvalue weighted by Crippen LogP contribution is 2.34. The van der Waals surface area contributed by atoms with Crippen LogP contribution in [0.25, 0.3) is 0 Å². The first kappa shape index (κ1) is 15.9. The van der Waals surface area contributed by atoms with Gasteiger partial charge < -0.3 is 4.74 Å². The van der Waals surface area contributed by atoms with Gasteiger partial charge >= 0.3 is 0 Å². The van der Waals surface area contributed by atoms with E-state index in [0.29, 0.717) is 6.42 Å². The van der Waals surface area contributed by atoms with Crippen LogP contribution in [0, 0.1) is 0 Å². The quantitative estimate of drug-likeness (QED) is 0.739. The summed E-state index contributed by atoms with van der Waals surface area (Å²) >= 11 is 0. The van der Waals surface area contributed by atoms with Gasteiger partial charge in [-0.1, -0.05) is 63.4 Å². The lowest BCUT2D eigenvalue weighted by atomic mass is 9.80. The summed E-state index contributed by atoms with van der Waals surface area (Å²) in [6, 6.07) is 9.52. The maximum atomic E-state index is 12.2. The minimum absolute atomic E-state index is 0.203. The number of carbonyl (C=O) groups is 1. The van der Waals surface area contributed by atoms with Gasteiger partial charge in [-0.15, -0.1) is 0 Å². The van der Waals surface area contributed by atoms with Crippen molar-refractivity contribution < 1.29 is 9.53 Å². The highest BCUT2D eigenvalue weighted by Gasteiger charge is 2.34. The number of hydrogen-bond donors (Lipinski definition) is 0. The van der Waals surface area contributed by atoms with Gasteiger partial charge in [0.1, 0.15) is 0 Å². The molecule has 0 spiro atoms. The summed E-state index contributed by atoms with van der Waals surface area (Å²) in [4.78, 5) is 12.2. The molecular weight excluding hydrogens is 236 g/mol. The summed E-state index contributed by atoms with van der Waals surface area (Å²) in [6.07, 6.45) is 6.17. The first-order valence-corrected chi connectivity index (χ1v) is 7.39. The van der Waals surface area contributed by atoms with Crippen molar-refractivity contribution in [1.29, 1.82) is 0 Å². The Morgan fingerprint density at radius 2 is 1.68 bits per heavy atom. The maximum absolute atomic E-state index is 12.2. The number of benzene rings is 1. The molecule has 2 nitrogen and oxygen atoms in total. The Bertz CT molecular complexity index is 364. The molecule has 0 bridgehead atoms. The standard InChI is InChI=1S/C15H20O2.C2H6/c1-17-15(10-6-3-7-11-15)12-14(16)13-8-4-2-5-9-13;1-2/h2,4-5,8-9H,3,6-7,10-12H2,1H3;1-2H3. The van der Waals surface area contributed by atoms with Crippen molar-refractivity contribution in [3.63, 3.8) is 0 Å². The van der Waals surface area contributed by atoms with E-state index in [1.54, 1.807) is 7.11 Å². The predicted molar refractivity (Wildman–Crippen MR) is 79.6 cm³/mol. The smallest absolute Gasteiger partial charge is 0.165 e. The van der Waals surface area contributed by atoms with Crippen LogP contribution >= 0.6 is 0 Å². The number of rotatable bonds is 4. The summed E-state index contributed by atoms with van der Waals surface area (Å²) in [7, 11) is 1.74. The molecule has 0 atom stereocenters. The van der Waals surface area contributed by atoms with Gasteiger partial charge in [-0.05, 0) is 12.8 Å². The summed E-state index contributed by atoms with van der Waals surface area (Å²) in [5.41, 5.74) is 0.597. The zero-order valence-electron chi connectivity index (χ0n) is 12.4. The number of methoxy groups -OCH3 is 1. The third-order valence-electron chi connectivity index (χ3n) is 3.78. The largest absolute Gasteiger partial charge is 0.378 e. The lowest BCUT2D eigenvalue weighted by Gasteiger charge is -2.35. The zero-order chi connectivity index (χ0) is 14.1. The van der Waals surface area contributed by atoms with Crippen molar-refractivity contribution in [3.05, 3.63) is 35.9 Å². The summed E-state index contributed by atoms with van der Waals surface area (Å²) in [5.74, 6) is 0.203. The lowest BCUT2D eigenvalue weighted by Crippen LogP contribution is -2.36. The van der Waals surface area contributed by atoms with Crippen LogP contribution in [0.15, 0.2) is 30.3 Å². The van der Waals surface area contributed by atoms with Crippen LogP contribution < -0.4 is 0 Å². The van der Waals surface area contributed by atoms with Crippen LogP contribution in [0.4, 0.5) is 0 Å². The molecule has 1 fully saturated rings. The molecule has 0 N–H and O–H groups in total. The van der Waals surface area contributed by atoms with E-state index < -0.39 is 0 Å². The molecule has 1 aliphatic rings. The van der Waals surface area contributed by atoms with Crippen molar-refractivity contribution in [2.75, 3.05) is 7.11 Å². The van der Waals surface area contributed by atoms with Gasteiger partial charge in [0.15, 0.2) is 5.78 Å². The van der Waals surface area contributed by atoms with Crippen LogP contribution in [-0.2, 0) is 4.74 Å². The zero-order valence-corrected chi connectivity index (χ0v) is 12.4. The normalized spacial score (nSPS) is 17.2. The van der Waals surface area contributed by atoms with Crippen molar-refractivity contribution in [3.8, 4) is 0 Å². The number of carbonyl (C=O) groups excluding carboxylic acids is 1. The second-order valence-corrected chi connectivity index (χ2v) is 4.91. The molecule has 0 aliphatic heterocycles. The second kappa shape index (κ2) is 8.11. The van der Waals surface area contributed by atoms with E-state index in [1.165, 1.54) is 19.3 Å². The number of ketones is 1. The molecule has 1 aliphatic carbocycles. The minimum atomic E-state index is -0.203. The Hall–Kier alpha value is -1.15. The van der Waals surface area contributed by atoms with Gasteiger partial charge in [0, 0.05) is 19.1 Å². The van der Waals surface area contributed by atoms with E-state index in [0.717, 1.165) is 18.4 Å². The van der Waals surface area contributed by atoms with Crippen molar-refractivity contribution in [2.45, 2.75) is 58.0 Å². The Balaban J connectivity index is 0.000000861. The fourth-order valence-corrected chi connectivity index (χ4v) is 2.67. The van der Waals surface area contributed by atoms with Gasteiger partial charge in [0.05, 0.1) is 5.60 Å². The first-order valence-electron chi connectivity index (χ1n) is 7.39. The molecular formula is C17H26O2. The molecule has 2 heteroatoms. The van der Waals surface area contributed by atoms with Gasteiger partial charge in [0.25, 0.3) is 0 Å². The summed E-state index contributed by atoms with van der Waals surface area (Å²) in [5, 5.41) is 0. The van der Waals surface area contributed by atoms with Crippen LogP contribution in [0.5, 0.6) is 0 Å². The highest BCUT2D eigenvalue weighted by atomic mass is 16.5. The molecule has 0 radical (unpaired) electrons. The molecule has 0 saturated heterocycles. The fourth-order valence-electron chi connectivity index (χ4n) is 2.67. The molecule has 106 valence electrons. The van der Waals surface area contributed by atoms with E-state index in [9.17, 15) is 4.79 Å². The van der Waals surface area contributed by atoms with Gasteiger partial charge in [-0.25, -0.2) is 0 Å². The number of ether oxygens (including phenoxy) is 1. The Morgan fingerprint density at radius 3 is 2.21 bits per heavy atom. The number of hydrogen-bond acceptors (Lipinski definition) is 2. The number of Topliss-reactive ketones (excluding diaryl/α,β-unsaturated/α-hetero) is 1. The monoisotopic (exact) mass is 262 g/mol. The molecule has 2 rings (SSSR count). The Morgan fingerprint density at radius 1 is 1.11 bits per heavy atom. The van der Waals surface area contributed by atoms with Gasteiger partial charge in [0.2, 0.25) is 0 Å². The average Bonchev–Trinajstić information content (AvgIpc) is 2.51. The predicted octanol–water partition coefficient (Wildman–Crippen LogP) is 4.63. The molecule has 1 saturated carbocycles. The second-order valence-electron chi connectivity index (χ2n) is 4.91. The van der Waals surface area contributed by atoms with Crippen molar-refractivity contribution in [2.24, 2.45) is 0 Å². The van der Waals surface area contributed by atoms with Gasteiger partial charge in [-0.3, -0.25) is 4.79 Å². The molecule has 0 unspecified atom stereocenters. The minimum Gasteiger partial charge on any atom is -0.378 e. The summed E-state index contributed by atoms with van der Waals surface area (Å²) in [6.45, 7) is 4.00. The Labute approximate surface area is 117 Å². The van der Waals surface area contributed by atoms with E-state index in [-0.39, 0.29) is 11.4 Å². The fraction of sp³-hybridized carbons (Fsp3) is 0.588. The summed E-state index contributed by atoms with van der Waals surface area (Å²) < 4.78 is 5.65. The first-order chi connectivity index (χ1) is 9.26. The van der Waals surface area contributed by atoms with E-state index in [1.807, 2.05) is 44.2 Å². The average molecular weight is 262 g/mol. The lowest BCUT2D eigenvalue weighted by molar-refractivity contribution is -0.0395. The topological polar surface area (TPSA) is 26.3 Å². The molecule has 1 aromatic carbocycles. The molecule has 0 amide bonds. The van der Waals surface area contributed by atoms with E-state index >= 15 is 0 Å². The van der Waals surface area contributed by atoms with E-state index in [2.05, 4.69) is 0 Å². The third-order valence-corrected chi connectivity index (χ3v) is 3.78. The van der Waals surface area contributed by atoms with E-state index in [4.69, 9.17) is 4.74 Å². The van der Waals surface area contributed by atoms with Gasteiger partial charge in [-0.2, -0.15) is 0 Å². The molecule has 1 aromatic rings.